The van der Waals surface area contributed by atoms with E-state index in [0.29, 0.717) is 0 Å². The molecule has 3 heteroatoms. The third-order valence-corrected chi connectivity index (χ3v) is 2.95. The number of ether oxygens (including phenoxy) is 1. The van der Waals surface area contributed by atoms with Gasteiger partial charge in [0.05, 0.1) is 7.11 Å². The highest BCUT2D eigenvalue weighted by molar-refractivity contribution is 7.99. The zero-order chi connectivity index (χ0) is 11.3. The fourth-order valence-corrected chi connectivity index (χ4v) is 2.10. The maximum atomic E-state index is 5.86. The van der Waals surface area contributed by atoms with E-state index < -0.39 is 0 Å². The minimum Gasteiger partial charge on any atom is -0.497 e. The van der Waals surface area contributed by atoms with E-state index in [1.54, 1.807) is 18.9 Å². The van der Waals surface area contributed by atoms with E-state index in [2.05, 4.69) is 19.9 Å². The lowest BCUT2D eigenvalue weighted by molar-refractivity contribution is 0.414. The van der Waals surface area contributed by atoms with Crippen molar-refractivity contribution in [2.24, 2.45) is 0 Å². The van der Waals surface area contributed by atoms with Gasteiger partial charge in [-0.05, 0) is 32.0 Å². The van der Waals surface area contributed by atoms with Crippen LogP contribution in [-0.4, -0.2) is 12.9 Å². The molecule has 1 rings (SSSR count). The number of benzene rings is 1. The molecule has 82 valence electrons. The number of methoxy groups -OCH3 is 1. The van der Waals surface area contributed by atoms with Crippen molar-refractivity contribution in [3.63, 3.8) is 0 Å². The van der Waals surface area contributed by atoms with Crippen molar-refractivity contribution in [2.75, 3.05) is 18.6 Å². The number of rotatable bonds is 4. The highest BCUT2D eigenvalue weighted by Crippen LogP contribution is 2.29. The summed E-state index contributed by atoms with van der Waals surface area (Å²) in [4.78, 5) is 1.08. The number of nitrogen functional groups attached to an aromatic ring is 1. The summed E-state index contributed by atoms with van der Waals surface area (Å²) in [5, 5.41) is 0. The molecule has 0 amide bonds. The van der Waals surface area contributed by atoms with Crippen LogP contribution in [0.1, 0.15) is 13.8 Å². The van der Waals surface area contributed by atoms with Gasteiger partial charge < -0.3 is 10.5 Å². The van der Waals surface area contributed by atoms with Gasteiger partial charge in [0.25, 0.3) is 0 Å². The standard InChI is InChI=1S/C12H17NOS/c1-9(2)6-7-15-12-8-10(14-3)4-5-11(12)13/h4-6,8H,7,13H2,1-3H3. The summed E-state index contributed by atoms with van der Waals surface area (Å²) < 4.78 is 5.15. The average Bonchev–Trinajstić information content (AvgIpc) is 2.20. The van der Waals surface area contributed by atoms with Gasteiger partial charge in [-0.25, -0.2) is 0 Å². The van der Waals surface area contributed by atoms with E-state index in [4.69, 9.17) is 10.5 Å². The molecule has 0 aromatic heterocycles. The fourth-order valence-electron chi connectivity index (χ4n) is 1.06. The summed E-state index contributed by atoms with van der Waals surface area (Å²) in [7, 11) is 1.66. The third-order valence-electron chi connectivity index (χ3n) is 1.95. The maximum Gasteiger partial charge on any atom is 0.120 e. The smallest absolute Gasteiger partial charge is 0.120 e. The molecule has 0 aliphatic rings. The normalized spacial score (nSPS) is 9.80. The Hall–Kier alpha value is -1.09. The van der Waals surface area contributed by atoms with Crippen molar-refractivity contribution in [1.82, 2.24) is 0 Å². The first-order valence-electron chi connectivity index (χ1n) is 4.83. The molecular weight excluding hydrogens is 206 g/mol. The van der Waals surface area contributed by atoms with Gasteiger partial charge in [0.1, 0.15) is 5.75 Å². The van der Waals surface area contributed by atoms with Crippen LogP contribution in [0.2, 0.25) is 0 Å². The number of thioether (sulfide) groups is 1. The minimum absolute atomic E-state index is 0.808. The van der Waals surface area contributed by atoms with E-state index in [0.717, 1.165) is 22.1 Å². The Kier molecular flexibility index (Phi) is 4.56. The summed E-state index contributed by atoms with van der Waals surface area (Å²) in [6, 6.07) is 5.73. The van der Waals surface area contributed by atoms with E-state index in [1.807, 2.05) is 18.2 Å². The van der Waals surface area contributed by atoms with Crippen molar-refractivity contribution in [3.8, 4) is 5.75 Å². The zero-order valence-corrected chi connectivity index (χ0v) is 10.2. The van der Waals surface area contributed by atoms with E-state index in [-0.39, 0.29) is 0 Å². The number of allylic oxidation sites excluding steroid dienone is 1. The highest BCUT2D eigenvalue weighted by atomic mass is 32.2. The molecule has 0 aliphatic heterocycles. The second kappa shape index (κ2) is 5.71. The third kappa shape index (κ3) is 3.88. The Morgan fingerprint density at radius 1 is 1.47 bits per heavy atom. The van der Waals surface area contributed by atoms with Gasteiger partial charge in [0, 0.05) is 16.3 Å². The fraction of sp³-hybridized carbons (Fsp3) is 0.333. The first kappa shape index (κ1) is 12.0. The van der Waals surface area contributed by atoms with Crippen LogP contribution in [0.4, 0.5) is 5.69 Å². The monoisotopic (exact) mass is 223 g/mol. The van der Waals surface area contributed by atoms with Gasteiger partial charge >= 0.3 is 0 Å². The Morgan fingerprint density at radius 2 is 2.20 bits per heavy atom. The molecule has 1 aromatic rings. The van der Waals surface area contributed by atoms with Crippen LogP contribution in [0.15, 0.2) is 34.7 Å². The van der Waals surface area contributed by atoms with Gasteiger partial charge in [-0.15, -0.1) is 11.8 Å². The van der Waals surface area contributed by atoms with Gasteiger partial charge in [-0.1, -0.05) is 11.6 Å². The van der Waals surface area contributed by atoms with Crippen LogP contribution in [0.25, 0.3) is 0 Å². The molecule has 0 aliphatic carbocycles. The largest absolute Gasteiger partial charge is 0.497 e. The molecular formula is C12H17NOS. The first-order chi connectivity index (χ1) is 7.13. The molecule has 0 saturated carbocycles. The van der Waals surface area contributed by atoms with E-state index in [1.165, 1.54) is 5.57 Å². The summed E-state index contributed by atoms with van der Waals surface area (Å²) in [6.45, 7) is 4.19. The maximum absolute atomic E-state index is 5.86. The molecule has 0 fully saturated rings. The summed E-state index contributed by atoms with van der Waals surface area (Å²) in [6.07, 6.45) is 2.18. The predicted molar refractivity (Wildman–Crippen MR) is 67.6 cm³/mol. The lowest BCUT2D eigenvalue weighted by atomic mass is 10.3. The molecule has 15 heavy (non-hydrogen) atoms. The minimum atomic E-state index is 0.808. The Morgan fingerprint density at radius 3 is 2.80 bits per heavy atom. The number of hydrogen-bond donors (Lipinski definition) is 1. The Labute approximate surface area is 95.5 Å². The molecule has 0 heterocycles. The second-order valence-corrected chi connectivity index (χ2v) is 4.56. The lowest BCUT2D eigenvalue weighted by Crippen LogP contribution is -1.90. The van der Waals surface area contributed by atoms with Crippen molar-refractivity contribution in [3.05, 3.63) is 29.8 Å². The molecule has 0 radical (unpaired) electrons. The van der Waals surface area contributed by atoms with Crippen molar-refractivity contribution >= 4 is 17.4 Å². The molecule has 0 unspecified atom stereocenters. The SMILES string of the molecule is COc1ccc(N)c(SCC=C(C)C)c1. The van der Waals surface area contributed by atoms with Crippen LogP contribution in [0.3, 0.4) is 0 Å². The van der Waals surface area contributed by atoms with Crippen LogP contribution in [-0.2, 0) is 0 Å². The number of nitrogens with two attached hydrogens (primary N) is 1. The van der Waals surface area contributed by atoms with Crippen molar-refractivity contribution < 1.29 is 4.74 Å². The predicted octanol–water partition coefficient (Wildman–Crippen LogP) is 3.34. The summed E-state index contributed by atoms with van der Waals surface area (Å²) in [5.74, 6) is 1.79. The lowest BCUT2D eigenvalue weighted by Gasteiger charge is -2.06. The van der Waals surface area contributed by atoms with Gasteiger partial charge in [-0.3, -0.25) is 0 Å². The number of anilines is 1. The Bertz CT molecular complexity index is 357. The van der Waals surface area contributed by atoms with E-state index >= 15 is 0 Å². The van der Waals surface area contributed by atoms with E-state index in [9.17, 15) is 0 Å². The Balaban J connectivity index is 2.71. The first-order valence-corrected chi connectivity index (χ1v) is 5.81. The van der Waals surface area contributed by atoms with Crippen LogP contribution < -0.4 is 10.5 Å². The molecule has 2 nitrogen and oxygen atoms in total. The molecule has 2 N–H and O–H groups in total. The quantitative estimate of drug-likeness (QED) is 0.483. The van der Waals surface area contributed by atoms with Crippen molar-refractivity contribution in [1.29, 1.82) is 0 Å². The van der Waals surface area contributed by atoms with Gasteiger partial charge in [-0.2, -0.15) is 0 Å². The van der Waals surface area contributed by atoms with Gasteiger partial charge in [0.2, 0.25) is 0 Å². The summed E-state index contributed by atoms with van der Waals surface area (Å²) >= 11 is 1.72. The molecule has 0 atom stereocenters. The highest BCUT2D eigenvalue weighted by Gasteiger charge is 2.01. The average molecular weight is 223 g/mol. The number of hydrogen-bond acceptors (Lipinski definition) is 3. The molecule has 1 aromatic carbocycles. The molecule has 0 saturated heterocycles. The molecule has 0 spiro atoms. The summed E-state index contributed by atoms with van der Waals surface area (Å²) in [5.41, 5.74) is 8.00. The molecule has 0 bridgehead atoms. The van der Waals surface area contributed by atoms with Crippen LogP contribution in [0, 0.1) is 0 Å². The second-order valence-electron chi connectivity index (χ2n) is 3.50. The topological polar surface area (TPSA) is 35.2 Å². The van der Waals surface area contributed by atoms with Gasteiger partial charge in [0.15, 0.2) is 0 Å². The zero-order valence-electron chi connectivity index (χ0n) is 9.41. The van der Waals surface area contributed by atoms with Crippen LogP contribution >= 0.6 is 11.8 Å². The van der Waals surface area contributed by atoms with Crippen molar-refractivity contribution in [2.45, 2.75) is 18.7 Å². The van der Waals surface area contributed by atoms with Crippen LogP contribution in [0.5, 0.6) is 5.75 Å².